The Morgan fingerprint density at radius 2 is 1.62 bits per heavy atom. The summed E-state index contributed by atoms with van der Waals surface area (Å²) < 4.78 is 24.0. The summed E-state index contributed by atoms with van der Waals surface area (Å²) >= 11 is 0. The first kappa shape index (κ1) is 19.2. The third kappa shape index (κ3) is 2.74. The van der Waals surface area contributed by atoms with Crippen LogP contribution in [0.15, 0.2) is 65.2 Å². The van der Waals surface area contributed by atoms with Crippen LogP contribution in [0.4, 0.5) is 4.39 Å². The molecule has 6 rings (SSSR count). The van der Waals surface area contributed by atoms with E-state index >= 15 is 4.39 Å². The van der Waals surface area contributed by atoms with Crippen LogP contribution >= 0.6 is 0 Å². The molecule has 0 spiro atoms. The lowest BCUT2D eigenvalue weighted by molar-refractivity contribution is -0.660. The molecule has 0 aliphatic heterocycles. The highest BCUT2D eigenvalue weighted by Crippen LogP contribution is 2.42. The zero-order valence-corrected chi connectivity index (χ0v) is 18.6. The van der Waals surface area contributed by atoms with Crippen LogP contribution < -0.4 is 4.57 Å². The number of fused-ring (bicyclic) bond motifs is 4. The van der Waals surface area contributed by atoms with Gasteiger partial charge in [0.05, 0.1) is 11.1 Å². The molecule has 2 nitrogen and oxygen atoms in total. The van der Waals surface area contributed by atoms with Gasteiger partial charge in [-0.3, -0.25) is 0 Å². The van der Waals surface area contributed by atoms with Crippen molar-refractivity contribution in [1.82, 2.24) is 0 Å². The van der Waals surface area contributed by atoms with Gasteiger partial charge in [-0.1, -0.05) is 24.3 Å². The van der Waals surface area contributed by atoms with Gasteiger partial charge in [0.25, 0.3) is 0 Å². The maximum absolute atomic E-state index is 15.3. The first-order valence-corrected chi connectivity index (χ1v) is 11.2. The summed E-state index contributed by atoms with van der Waals surface area (Å²) in [7, 11) is 2.04. The smallest absolute Gasteiger partial charge is 0.216 e. The molecular formula is C29H25FNO+. The van der Waals surface area contributed by atoms with Crippen LogP contribution in [0.25, 0.3) is 44.3 Å². The van der Waals surface area contributed by atoms with Crippen molar-refractivity contribution < 1.29 is 13.4 Å². The van der Waals surface area contributed by atoms with Crippen LogP contribution in [0.5, 0.6) is 0 Å². The van der Waals surface area contributed by atoms with E-state index in [4.69, 9.17) is 4.42 Å². The molecule has 0 atom stereocenters. The molecule has 1 aliphatic rings. The number of hydrogen-bond donors (Lipinski definition) is 0. The van der Waals surface area contributed by atoms with Crippen molar-refractivity contribution in [2.24, 2.45) is 7.05 Å². The molecule has 3 aromatic carbocycles. The molecule has 32 heavy (non-hydrogen) atoms. The fraction of sp³-hybridized carbons (Fsp3) is 0.207. The zero-order valence-electron chi connectivity index (χ0n) is 18.6. The average molecular weight is 423 g/mol. The summed E-state index contributed by atoms with van der Waals surface area (Å²) in [6.07, 6.45) is 5.40. The molecule has 0 unspecified atom stereocenters. The minimum atomic E-state index is -0.238. The number of halogens is 1. The van der Waals surface area contributed by atoms with Gasteiger partial charge in [-0.05, 0) is 79.1 Å². The predicted molar refractivity (Wildman–Crippen MR) is 127 cm³/mol. The first-order chi connectivity index (χ1) is 15.5. The lowest BCUT2D eigenvalue weighted by Gasteiger charge is -2.10. The maximum Gasteiger partial charge on any atom is 0.216 e. The topological polar surface area (TPSA) is 17.0 Å². The number of furan rings is 1. The Kier molecular flexibility index (Phi) is 4.23. The third-order valence-electron chi connectivity index (χ3n) is 7.01. The number of rotatable bonds is 2. The van der Waals surface area contributed by atoms with E-state index in [1.165, 1.54) is 23.1 Å². The van der Waals surface area contributed by atoms with Crippen molar-refractivity contribution in [3.8, 4) is 22.4 Å². The molecular weight excluding hydrogens is 397 g/mol. The second-order valence-electron chi connectivity index (χ2n) is 9.02. The Labute approximate surface area is 186 Å². The average Bonchev–Trinajstić information content (AvgIpc) is 3.39. The highest BCUT2D eigenvalue weighted by molar-refractivity contribution is 6.13. The number of aromatic nitrogens is 1. The van der Waals surface area contributed by atoms with Gasteiger partial charge in [-0.2, -0.15) is 0 Å². The van der Waals surface area contributed by atoms with Gasteiger partial charge >= 0.3 is 0 Å². The maximum atomic E-state index is 15.3. The second-order valence-corrected chi connectivity index (χ2v) is 9.02. The summed E-state index contributed by atoms with van der Waals surface area (Å²) in [5.41, 5.74) is 10.2. The molecule has 5 aromatic rings. The zero-order chi connectivity index (χ0) is 22.0. The SMILES string of the molecule is Cc1cc(-c2c(F)ccc3c2oc2c(-c4cccc[n+]4C)c(C)ccc23)cc2c1CCC2. The van der Waals surface area contributed by atoms with Crippen LogP contribution in [0, 0.1) is 19.7 Å². The van der Waals surface area contributed by atoms with Gasteiger partial charge < -0.3 is 4.42 Å². The molecule has 0 amide bonds. The molecule has 158 valence electrons. The van der Waals surface area contributed by atoms with E-state index in [-0.39, 0.29) is 5.82 Å². The van der Waals surface area contributed by atoms with Crippen molar-refractivity contribution in [1.29, 1.82) is 0 Å². The van der Waals surface area contributed by atoms with Gasteiger partial charge in [-0.15, -0.1) is 0 Å². The highest BCUT2D eigenvalue weighted by atomic mass is 19.1. The number of benzene rings is 3. The van der Waals surface area contributed by atoms with Gasteiger partial charge in [0.15, 0.2) is 6.20 Å². The summed E-state index contributed by atoms with van der Waals surface area (Å²) in [5, 5.41) is 1.97. The van der Waals surface area contributed by atoms with Gasteiger partial charge in [0, 0.05) is 22.9 Å². The van der Waals surface area contributed by atoms with Crippen molar-refractivity contribution in [2.45, 2.75) is 33.1 Å². The summed E-state index contributed by atoms with van der Waals surface area (Å²) in [4.78, 5) is 0. The van der Waals surface area contributed by atoms with Crippen LogP contribution in [0.2, 0.25) is 0 Å². The van der Waals surface area contributed by atoms with E-state index in [0.29, 0.717) is 11.1 Å². The van der Waals surface area contributed by atoms with Crippen molar-refractivity contribution >= 4 is 21.9 Å². The minimum Gasteiger partial charge on any atom is -0.454 e. The molecule has 0 bridgehead atoms. The summed E-state index contributed by atoms with van der Waals surface area (Å²) in [6.45, 7) is 4.24. The fourth-order valence-electron chi connectivity index (χ4n) is 5.42. The van der Waals surface area contributed by atoms with Gasteiger partial charge in [0.2, 0.25) is 5.69 Å². The van der Waals surface area contributed by atoms with Crippen molar-refractivity contribution in [3.05, 3.63) is 88.9 Å². The summed E-state index contributed by atoms with van der Waals surface area (Å²) in [5.74, 6) is -0.238. The fourth-order valence-corrected chi connectivity index (χ4v) is 5.42. The normalized spacial score (nSPS) is 13.2. The molecule has 2 aromatic heterocycles. The monoisotopic (exact) mass is 422 g/mol. The van der Waals surface area contributed by atoms with E-state index in [1.807, 2.05) is 31.4 Å². The molecule has 1 aliphatic carbocycles. The van der Waals surface area contributed by atoms with E-state index in [0.717, 1.165) is 51.6 Å². The molecule has 0 radical (unpaired) electrons. The number of pyridine rings is 1. The molecule has 3 heteroatoms. The standard InChI is InChI=1S/C29H25FNO/c1-17-10-11-22-23-12-13-24(30)27(20-15-18(2)21-8-6-7-19(21)16-20)29(23)32-28(22)26(17)25-9-4-5-14-31(25)3/h4-5,9-16H,6-8H2,1-3H3/q+1. The Hall–Kier alpha value is -3.46. The van der Waals surface area contributed by atoms with Gasteiger partial charge in [-0.25, -0.2) is 8.96 Å². The number of nitrogens with zero attached hydrogens (tertiary/aromatic N) is 1. The largest absolute Gasteiger partial charge is 0.454 e. The Morgan fingerprint density at radius 1 is 0.844 bits per heavy atom. The van der Waals surface area contributed by atoms with E-state index < -0.39 is 0 Å². The second kappa shape index (κ2) is 7.03. The first-order valence-electron chi connectivity index (χ1n) is 11.2. The molecule has 2 heterocycles. The Morgan fingerprint density at radius 3 is 2.44 bits per heavy atom. The molecule has 0 saturated carbocycles. The van der Waals surface area contributed by atoms with Crippen molar-refractivity contribution in [2.75, 3.05) is 0 Å². The Balaban J connectivity index is 1.69. The number of aryl methyl sites for hydroxylation is 4. The minimum absolute atomic E-state index is 0.238. The van der Waals surface area contributed by atoms with E-state index in [1.54, 1.807) is 6.07 Å². The molecule has 0 fully saturated rings. The quantitative estimate of drug-likeness (QED) is 0.280. The third-order valence-corrected chi connectivity index (χ3v) is 7.01. The lowest BCUT2D eigenvalue weighted by Crippen LogP contribution is -2.30. The van der Waals surface area contributed by atoms with Gasteiger partial charge in [0.1, 0.15) is 24.0 Å². The molecule has 0 saturated heterocycles. The number of hydrogen-bond acceptors (Lipinski definition) is 1. The van der Waals surface area contributed by atoms with Crippen LogP contribution in [-0.2, 0) is 19.9 Å². The van der Waals surface area contributed by atoms with E-state index in [9.17, 15) is 0 Å². The van der Waals surface area contributed by atoms with Crippen molar-refractivity contribution in [3.63, 3.8) is 0 Å². The highest BCUT2D eigenvalue weighted by Gasteiger charge is 2.24. The predicted octanol–water partition coefficient (Wildman–Crippen LogP) is 6.99. The van der Waals surface area contributed by atoms with Crippen LogP contribution in [0.3, 0.4) is 0 Å². The van der Waals surface area contributed by atoms with Crippen LogP contribution in [-0.4, -0.2) is 0 Å². The Bertz CT molecular complexity index is 1540. The lowest BCUT2D eigenvalue weighted by atomic mass is 9.94. The van der Waals surface area contributed by atoms with Crippen LogP contribution in [0.1, 0.15) is 28.7 Å². The van der Waals surface area contributed by atoms with E-state index in [2.05, 4.69) is 48.7 Å². The molecule has 0 N–H and O–H groups in total. The summed E-state index contributed by atoms with van der Waals surface area (Å²) in [6, 6.07) is 18.1.